The van der Waals surface area contributed by atoms with E-state index in [-0.39, 0.29) is 24.4 Å². The Labute approximate surface area is 139 Å². The van der Waals surface area contributed by atoms with E-state index in [1.165, 1.54) is 0 Å². The van der Waals surface area contributed by atoms with Crippen molar-refractivity contribution in [1.82, 2.24) is 0 Å². The van der Waals surface area contributed by atoms with E-state index in [0.717, 1.165) is 12.2 Å². The van der Waals surface area contributed by atoms with E-state index in [2.05, 4.69) is 0 Å². The molecule has 0 unspecified atom stereocenters. The average molecular weight is 320 g/mol. The number of allylic oxidation sites excluding steroid dienone is 2. The van der Waals surface area contributed by atoms with Crippen molar-refractivity contribution in [2.45, 2.75) is 12.8 Å². The third-order valence-corrected chi connectivity index (χ3v) is 3.32. The summed E-state index contributed by atoms with van der Waals surface area (Å²) in [5.74, 6) is -1.55. The second-order valence-corrected chi connectivity index (χ2v) is 5.20. The molecule has 0 aromatic heterocycles. The normalized spacial score (nSPS) is 10.5. The van der Waals surface area contributed by atoms with E-state index in [1.807, 2.05) is 0 Å². The first-order valence-electron chi connectivity index (χ1n) is 7.46. The van der Waals surface area contributed by atoms with Crippen molar-refractivity contribution in [1.29, 1.82) is 0 Å². The van der Waals surface area contributed by atoms with Crippen molar-refractivity contribution in [3.63, 3.8) is 0 Å². The number of ketones is 4. The summed E-state index contributed by atoms with van der Waals surface area (Å²) in [6.07, 6.45) is 1.50. The van der Waals surface area contributed by atoms with Gasteiger partial charge in [-0.1, -0.05) is 60.7 Å². The Bertz CT molecular complexity index is 706. The number of rotatable bonds is 8. The van der Waals surface area contributed by atoms with Crippen LogP contribution < -0.4 is 0 Å². The largest absolute Gasteiger partial charge is 0.294 e. The lowest BCUT2D eigenvalue weighted by atomic mass is 10.0. The maximum Gasteiger partial charge on any atom is 0.170 e. The molecule has 2 rings (SSSR count). The number of Topliss-reactive ketones (excluding diaryl/α,β-unsaturated/α-hetero) is 2. The Balaban J connectivity index is 1.86. The number of carbonyl (C=O) groups is 4. The van der Waals surface area contributed by atoms with Crippen LogP contribution in [0.2, 0.25) is 0 Å². The summed E-state index contributed by atoms with van der Waals surface area (Å²) in [6.45, 7) is 0. The molecule has 2 aromatic rings. The molecule has 4 nitrogen and oxygen atoms in total. The topological polar surface area (TPSA) is 68.3 Å². The molecule has 0 heterocycles. The second-order valence-electron chi connectivity index (χ2n) is 5.20. The first-order chi connectivity index (χ1) is 11.6. The van der Waals surface area contributed by atoms with Crippen LogP contribution in [0.4, 0.5) is 0 Å². The van der Waals surface area contributed by atoms with Crippen molar-refractivity contribution < 1.29 is 19.2 Å². The molecular weight excluding hydrogens is 304 g/mol. The van der Waals surface area contributed by atoms with E-state index < -0.39 is 11.6 Å². The number of hydrogen-bond donors (Lipinski definition) is 0. The molecule has 0 aliphatic rings. The van der Waals surface area contributed by atoms with Crippen LogP contribution >= 0.6 is 0 Å². The van der Waals surface area contributed by atoms with Gasteiger partial charge in [0.15, 0.2) is 23.1 Å². The van der Waals surface area contributed by atoms with Gasteiger partial charge >= 0.3 is 0 Å². The number of carbonyl (C=O) groups excluding carboxylic acids is 4. The van der Waals surface area contributed by atoms with E-state index in [9.17, 15) is 19.2 Å². The molecule has 0 spiro atoms. The van der Waals surface area contributed by atoms with Gasteiger partial charge in [0.05, 0.1) is 12.8 Å². The predicted octanol–water partition coefficient (Wildman–Crippen LogP) is 3.23. The standard InChI is InChI=1S/C20H16O4/c21-17(13-19(23)15-7-3-1-4-8-15)11-12-18(22)14-20(24)16-9-5-2-6-10-16/h1-12H,13-14H2/b12-11+. The molecule has 0 radical (unpaired) electrons. The van der Waals surface area contributed by atoms with Crippen molar-refractivity contribution >= 4 is 23.1 Å². The molecule has 4 heteroatoms. The van der Waals surface area contributed by atoms with Gasteiger partial charge in [0.2, 0.25) is 0 Å². The molecule has 24 heavy (non-hydrogen) atoms. The van der Waals surface area contributed by atoms with Gasteiger partial charge in [0, 0.05) is 11.1 Å². The van der Waals surface area contributed by atoms with Gasteiger partial charge < -0.3 is 0 Å². The zero-order chi connectivity index (χ0) is 17.4. The summed E-state index contributed by atoms with van der Waals surface area (Å²) in [5.41, 5.74) is 0.898. The molecule has 0 aliphatic carbocycles. The van der Waals surface area contributed by atoms with Gasteiger partial charge in [-0.05, 0) is 12.2 Å². The van der Waals surface area contributed by atoms with E-state index in [0.29, 0.717) is 11.1 Å². The van der Waals surface area contributed by atoms with E-state index >= 15 is 0 Å². The second kappa shape index (κ2) is 8.48. The first kappa shape index (κ1) is 17.2. The van der Waals surface area contributed by atoms with Gasteiger partial charge in [-0.15, -0.1) is 0 Å². The fraction of sp³-hybridized carbons (Fsp3) is 0.100. The van der Waals surface area contributed by atoms with Crippen LogP contribution in [0.25, 0.3) is 0 Å². The van der Waals surface area contributed by atoms with Crippen LogP contribution in [0.1, 0.15) is 33.6 Å². The minimum absolute atomic E-state index is 0.305. The highest BCUT2D eigenvalue weighted by molar-refractivity contribution is 6.15. The van der Waals surface area contributed by atoms with Gasteiger partial charge in [-0.2, -0.15) is 0 Å². The summed E-state index contributed by atoms with van der Waals surface area (Å²) in [7, 11) is 0. The van der Waals surface area contributed by atoms with Crippen molar-refractivity contribution in [3.05, 3.63) is 83.9 Å². The van der Waals surface area contributed by atoms with Gasteiger partial charge in [-0.3, -0.25) is 19.2 Å². The lowest BCUT2D eigenvalue weighted by molar-refractivity contribution is -0.116. The van der Waals surface area contributed by atoms with Crippen molar-refractivity contribution in [2.24, 2.45) is 0 Å². The van der Waals surface area contributed by atoms with E-state index in [4.69, 9.17) is 0 Å². The maximum atomic E-state index is 11.9. The summed E-state index contributed by atoms with van der Waals surface area (Å²) < 4.78 is 0. The van der Waals surface area contributed by atoms with Gasteiger partial charge in [-0.25, -0.2) is 0 Å². The fourth-order valence-corrected chi connectivity index (χ4v) is 2.07. The third kappa shape index (κ3) is 5.25. The van der Waals surface area contributed by atoms with Crippen LogP contribution in [0.3, 0.4) is 0 Å². The molecule has 0 bridgehead atoms. The minimum Gasteiger partial charge on any atom is -0.294 e. The quantitative estimate of drug-likeness (QED) is 0.425. The fourth-order valence-electron chi connectivity index (χ4n) is 2.07. The Kier molecular flexibility index (Phi) is 6.08. The highest BCUT2D eigenvalue weighted by Gasteiger charge is 2.11. The zero-order valence-corrected chi connectivity index (χ0v) is 13.0. The number of benzene rings is 2. The monoisotopic (exact) mass is 320 g/mol. The lowest BCUT2D eigenvalue weighted by Crippen LogP contribution is -2.08. The van der Waals surface area contributed by atoms with Crippen LogP contribution in [0, 0.1) is 0 Å². The van der Waals surface area contributed by atoms with E-state index in [1.54, 1.807) is 60.7 Å². The molecule has 0 fully saturated rings. The number of hydrogen-bond acceptors (Lipinski definition) is 4. The molecule has 120 valence electrons. The van der Waals surface area contributed by atoms with Crippen LogP contribution in [0.15, 0.2) is 72.8 Å². The molecule has 0 aliphatic heterocycles. The lowest BCUT2D eigenvalue weighted by Gasteiger charge is -1.98. The third-order valence-electron chi connectivity index (χ3n) is 3.32. The van der Waals surface area contributed by atoms with Crippen molar-refractivity contribution in [3.8, 4) is 0 Å². The highest BCUT2D eigenvalue weighted by Crippen LogP contribution is 2.05. The summed E-state index contributed by atoms with van der Waals surface area (Å²) in [6, 6.07) is 16.9. The molecule has 0 saturated heterocycles. The SMILES string of the molecule is O=C(/C=C/C(=O)CC(=O)c1ccccc1)CC(=O)c1ccccc1. The molecule has 2 aromatic carbocycles. The summed E-state index contributed by atoms with van der Waals surface area (Å²) in [4.78, 5) is 47.2. The summed E-state index contributed by atoms with van der Waals surface area (Å²) >= 11 is 0. The van der Waals surface area contributed by atoms with Crippen LogP contribution in [-0.2, 0) is 9.59 Å². The van der Waals surface area contributed by atoms with Gasteiger partial charge in [0.25, 0.3) is 0 Å². The molecule has 0 saturated carbocycles. The predicted molar refractivity (Wildman–Crippen MR) is 89.9 cm³/mol. The maximum absolute atomic E-state index is 11.9. The highest BCUT2D eigenvalue weighted by atomic mass is 16.2. The van der Waals surface area contributed by atoms with Crippen LogP contribution in [-0.4, -0.2) is 23.1 Å². The Morgan fingerprint density at radius 3 is 1.25 bits per heavy atom. The summed E-state index contributed by atoms with van der Waals surface area (Å²) in [5, 5.41) is 0. The van der Waals surface area contributed by atoms with Gasteiger partial charge in [0.1, 0.15) is 0 Å². The molecule has 0 N–H and O–H groups in total. The molecule has 0 amide bonds. The van der Waals surface area contributed by atoms with Crippen LogP contribution in [0.5, 0.6) is 0 Å². The minimum atomic E-state index is -0.468. The smallest absolute Gasteiger partial charge is 0.170 e. The first-order valence-corrected chi connectivity index (χ1v) is 7.46. The van der Waals surface area contributed by atoms with Crippen molar-refractivity contribution in [2.75, 3.05) is 0 Å². The zero-order valence-electron chi connectivity index (χ0n) is 13.0. The molecule has 0 atom stereocenters. The Hall–Kier alpha value is -3.14. The Morgan fingerprint density at radius 1 is 0.583 bits per heavy atom. The molecular formula is C20H16O4. The Morgan fingerprint density at radius 2 is 0.917 bits per heavy atom. The average Bonchev–Trinajstić information content (AvgIpc) is 2.61.